The van der Waals surface area contributed by atoms with E-state index in [2.05, 4.69) is 10.2 Å². The third-order valence-corrected chi connectivity index (χ3v) is 5.25. The van der Waals surface area contributed by atoms with Crippen molar-refractivity contribution in [2.75, 3.05) is 49.6 Å². The van der Waals surface area contributed by atoms with Gasteiger partial charge in [-0.25, -0.2) is 0 Å². The van der Waals surface area contributed by atoms with Crippen molar-refractivity contribution < 1.29 is 14.3 Å². The van der Waals surface area contributed by atoms with E-state index in [4.69, 9.17) is 4.74 Å². The van der Waals surface area contributed by atoms with Gasteiger partial charge in [0, 0.05) is 37.6 Å². The number of rotatable bonds is 4. The standard InChI is InChI=1S/C20H29N3O3/c1-20(2,19(25)23-12-14-26-15-13-23)18(24)21-16-6-8-17(9-7-16)22-10-4-3-5-11-22/h6-9H,3-5,10-15H2,1-2H3,(H,21,24). The van der Waals surface area contributed by atoms with Crippen LogP contribution in [0.3, 0.4) is 0 Å². The Morgan fingerprint density at radius 1 is 0.962 bits per heavy atom. The molecule has 0 aliphatic carbocycles. The van der Waals surface area contributed by atoms with Gasteiger partial charge in [0.25, 0.3) is 0 Å². The van der Waals surface area contributed by atoms with Gasteiger partial charge in [-0.15, -0.1) is 0 Å². The summed E-state index contributed by atoms with van der Waals surface area (Å²) in [6.45, 7) is 7.69. The monoisotopic (exact) mass is 359 g/mol. The SMILES string of the molecule is CC(C)(C(=O)Nc1ccc(N2CCCCC2)cc1)C(=O)N1CCOCC1. The number of piperidine rings is 1. The first-order valence-electron chi connectivity index (χ1n) is 9.52. The Kier molecular flexibility index (Phi) is 5.81. The molecular weight excluding hydrogens is 330 g/mol. The van der Waals surface area contributed by atoms with Gasteiger partial charge in [-0.05, 0) is 57.4 Å². The third-order valence-electron chi connectivity index (χ3n) is 5.25. The molecule has 0 aromatic heterocycles. The van der Waals surface area contributed by atoms with E-state index in [0.29, 0.717) is 26.3 Å². The lowest BCUT2D eigenvalue weighted by Gasteiger charge is -2.33. The molecule has 26 heavy (non-hydrogen) atoms. The summed E-state index contributed by atoms with van der Waals surface area (Å²) in [5, 5.41) is 2.90. The van der Waals surface area contributed by atoms with Crippen molar-refractivity contribution in [3.63, 3.8) is 0 Å². The molecule has 142 valence electrons. The fourth-order valence-corrected chi connectivity index (χ4v) is 3.45. The van der Waals surface area contributed by atoms with Gasteiger partial charge in [-0.2, -0.15) is 0 Å². The Morgan fingerprint density at radius 2 is 1.58 bits per heavy atom. The molecule has 0 unspecified atom stereocenters. The Hall–Kier alpha value is -2.08. The normalized spacial score (nSPS) is 18.5. The average Bonchev–Trinajstić information content (AvgIpc) is 2.69. The maximum atomic E-state index is 12.7. The van der Waals surface area contributed by atoms with Crippen LogP contribution in [0.15, 0.2) is 24.3 Å². The highest BCUT2D eigenvalue weighted by Gasteiger charge is 2.39. The maximum absolute atomic E-state index is 12.7. The number of nitrogens with one attached hydrogen (secondary N) is 1. The van der Waals surface area contributed by atoms with Crippen molar-refractivity contribution in [3.05, 3.63) is 24.3 Å². The van der Waals surface area contributed by atoms with Gasteiger partial charge in [0.05, 0.1) is 13.2 Å². The van der Waals surface area contributed by atoms with Crippen LogP contribution in [-0.2, 0) is 14.3 Å². The largest absolute Gasteiger partial charge is 0.378 e. The van der Waals surface area contributed by atoms with Crippen LogP contribution in [0.1, 0.15) is 33.1 Å². The molecule has 1 aromatic rings. The van der Waals surface area contributed by atoms with Crippen LogP contribution >= 0.6 is 0 Å². The third kappa shape index (κ3) is 4.18. The molecular formula is C20H29N3O3. The first kappa shape index (κ1) is 18.7. The van der Waals surface area contributed by atoms with Crippen molar-refractivity contribution in [1.82, 2.24) is 4.90 Å². The van der Waals surface area contributed by atoms with Gasteiger partial charge < -0.3 is 19.9 Å². The summed E-state index contributed by atoms with van der Waals surface area (Å²) in [5.41, 5.74) is 0.799. The molecule has 2 fully saturated rings. The van der Waals surface area contributed by atoms with Crippen molar-refractivity contribution in [1.29, 1.82) is 0 Å². The number of ether oxygens (including phenoxy) is 1. The number of carbonyl (C=O) groups is 2. The molecule has 0 spiro atoms. The van der Waals surface area contributed by atoms with Crippen LogP contribution in [-0.4, -0.2) is 56.1 Å². The van der Waals surface area contributed by atoms with Gasteiger partial charge in [0.15, 0.2) is 0 Å². The van der Waals surface area contributed by atoms with E-state index in [9.17, 15) is 9.59 Å². The lowest BCUT2D eigenvalue weighted by molar-refractivity contribution is -0.149. The highest BCUT2D eigenvalue weighted by molar-refractivity contribution is 6.09. The van der Waals surface area contributed by atoms with Crippen LogP contribution in [0.25, 0.3) is 0 Å². The van der Waals surface area contributed by atoms with Gasteiger partial charge in [0.2, 0.25) is 11.8 Å². The van der Waals surface area contributed by atoms with Crippen molar-refractivity contribution in [2.45, 2.75) is 33.1 Å². The van der Waals surface area contributed by atoms with E-state index < -0.39 is 5.41 Å². The van der Waals surface area contributed by atoms with Gasteiger partial charge in [-0.3, -0.25) is 9.59 Å². The average molecular weight is 359 g/mol. The quantitative estimate of drug-likeness (QED) is 0.839. The van der Waals surface area contributed by atoms with E-state index in [1.807, 2.05) is 24.3 Å². The molecule has 1 N–H and O–H groups in total. The summed E-state index contributed by atoms with van der Waals surface area (Å²) in [6.07, 6.45) is 3.77. The van der Waals surface area contributed by atoms with Crippen LogP contribution in [0, 0.1) is 5.41 Å². The van der Waals surface area contributed by atoms with Crippen molar-refractivity contribution in [2.24, 2.45) is 5.41 Å². The van der Waals surface area contributed by atoms with E-state index in [1.54, 1.807) is 18.7 Å². The van der Waals surface area contributed by atoms with Gasteiger partial charge in [0.1, 0.15) is 5.41 Å². The molecule has 0 radical (unpaired) electrons. The van der Waals surface area contributed by atoms with Gasteiger partial charge >= 0.3 is 0 Å². The zero-order valence-electron chi connectivity index (χ0n) is 15.8. The summed E-state index contributed by atoms with van der Waals surface area (Å²) in [6, 6.07) is 7.91. The molecule has 3 rings (SSSR count). The molecule has 0 saturated carbocycles. The summed E-state index contributed by atoms with van der Waals surface area (Å²) < 4.78 is 5.28. The molecule has 2 saturated heterocycles. The van der Waals surface area contributed by atoms with Crippen molar-refractivity contribution >= 4 is 23.2 Å². The number of hydrogen-bond acceptors (Lipinski definition) is 4. The highest BCUT2D eigenvalue weighted by Crippen LogP contribution is 2.25. The van der Waals surface area contributed by atoms with Crippen LogP contribution in [0.2, 0.25) is 0 Å². The first-order chi connectivity index (χ1) is 12.5. The van der Waals surface area contributed by atoms with E-state index in [-0.39, 0.29) is 11.8 Å². The minimum Gasteiger partial charge on any atom is -0.378 e. The zero-order chi connectivity index (χ0) is 18.6. The number of nitrogens with zero attached hydrogens (tertiary/aromatic N) is 2. The first-order valence-corrected chi connectivity index (χ1v) is 9.52. The second-order valence-corrected chi connectivity index (χ2v) is 7.58. The lowest BCUT2D eigenvalue weighted by atomic mass is 9.90. The second-order valence-electron chi connectivity index (χ2n) is 7.58. The number of anilines is 2. The van der Waals surface area contributed by atoms with Crippen LogP contribution < -0.4 is 10.2 Å². The molecule has 6 nitrogen and oxygen atoms in total. The number of hydrogen-bond donors (Lipinski definition) is 1. The Balaban J connectivity index is 1.61. The second kappa shape index (κ2) is 8.08. The molecule has 0 atom stereocenters. The minimum absolute atomic E-state index is 0.150. The Morgan fingerprint density at radius 3 is 2.19 bits per heavy atom. The predicted octanol–water partition coefficient (Wildman–Crippen LogP) is 2.50. The van der Waals surface area contributed by atoms with Crippen LogP contribution in [0.4, 0.5) is 11.4 Å². The highest BCUT2D eigenvalue weighted by atomic mass is 16.5. The molecule has 1 aromatic carbocycles. The topological polar surface area (TPSA) is 61.9 Å². The molecule has 2 aliphatic heterocycles. The number of carbonyl (C=O) groups excluding carboxylic acids is 2. The molecule has 2 amide bonds. The van der Waals surface area contributed by atoms with Gasteiger partial charge in [-0.1, -0.05) is 0 Å². The van der Waals surface area contributed by atoms with Crippen molar-refractivity contribution in [3.8, 4) is 0 Å². The zero-order valence-corrected chi connectivity index (χ0v) is 15.8. The number of benzene rings is 1. The Bertz CT molecular complexity index is 630. The summed E-state index contributed by atoms with van der Waals surface area (Å²) in [7, 11) is 0. The summed E-state index contributed by atoms with van der Waals surface area (Å²) in [5.74, 6) is -0.428. The molecule has 2 aliphatic rings. The summed E-state index contributed by atoms with van der Waals surface area (Å²) >= 11 is 0. The lowest BCUT2D eigenvalue weighted by Crippen LogP contribution is -2.51. The smallest absolute Gasteiger partial charge is 0.239 e. The number of morpholine rings is 1. The van der Waals surface area contributed by atoms with Crippen LogP contribution in [0.5, 0.6) is 0 Å². The molecule has 6 heteroatoms. The Labute approximate surface area is 155 Å². The minimum atomic E-state index is -1.11. The fourth-order valence-electron chi connectivity index (χ4n) is 3.45. The number of amides is 2. The van der Waals surface area contributed by atoms with E-state index in [1.165, 1.54) is 24.9 Å². The molecule has 0 bridgehead atoms. The molecule has 2 heterocycles. The summed E-state index contributed by atoms with van der Waals surface area (Å²) in [4.78, 5) is 29.5. The maximum Gasteiger partial charge on any atom is 0.239 e. The van der Waals surface area contributed by atoms with E-state index >= 15 is 0 Å². The van der Waals surface area contributed by atoms with E-state index in [0.717, 1.165) is 18.8 Å². The fraction of sp³-hybridized carbons (Fsp3) is 0.600. The predicted molar refractivity (Wildman–Crippen MR) is 102 cm³/mol.